The second-order valence-electron chi connectivity index (χ2n) is 4.07. The Morgan fingerprint density at radius 2 is 2.27 bits per heavy atom. The van der Waals surface area contributed by atoms with Crippen molar-refractivity contribution < 1.29 is 9.13 Å². The van der Waals surface area contributed by atoms with Gasteiger partial charge >= 0.3 is 0 Å². The number of benzene rings is 1. The van der Waals surface area contributed by atoms with Crippen molar-refractivity contribution in [1.29, 1.82) is 0 Å². The van der Waals surface area contributed by atoms with Crippen LogP contribution in [-0.2, 0) is 11.3 Å². The minimum absolute atomic E-state index is 0.147. The normalized spacial score (nSPS) is 25.7. The van der Waals surface area contributed by atoms with Crippen LogP contribution in [0.2, 0.25) is 0 Å². The molecule has 2 nitrogen and oxygen atoms in total. The predicted molar refractivity (Wildman–Crippen MR) is 56.8 cm³/mol. The minimum atomic E-state index is -0.216. The van der Waals surface area contributed by atoms with Crippen molar-refractivity contribution in [2.75, 3.05) is 0 Å². The van der Waals surface area contributed by atoms with Crippen LogP contribution in [0, 0.1) is 5.82 Å². The molecule has 0 aromatic heterocycles. The fourth-order valence-electron chi connectivity index (χ4n) is 1.99. The maximum absolute atomic E-state index is 12.9. The van der Waals surface area contributed by atoms with Crippen LogP contribution in [-0.4, -0.2) is 12.1 Å². The van der Waals surface area contributed by atoms with Gasteiger partial charge in [0.2, 0.25) is 0 Å². The first-order valence-electron chi connectivity index (χ1n) is 5.37. The van der Waals surface area contributed by atoms with E-state index in [4.69, 9.17) is 10.5 Å². The summed E-state index contributed by atoms with van der Waals surface area (Å²) in [5.41, 5.74) is 6.74. The third kappa shape index (κ3) is 2.76. The van der Waals surface area contributed by atoms with E-state index in [9.17, 15) is 4.39 Å². The molecule has 1 aromatic carbocycles. The average Bonchev–Trinajstić information content (AvgIpc) is 2.61. The van der Waals surface area contributed by atoms with Crippen LogP contribution in [0.4, 0.5) is 4.39 Å². The second-order valence-corrected chi connectivity index (χ2v) is 4.07. The molecule has 0 heterocycles. The van der Waals surface area contributed by atoms with Crippen LogP contribution in [0.5, 0.6) is 0 Å². The van der Waals surface area contributed by atoms with Gasteiger partial charge in [0.05, 0.1) is 12.7 Å². The van der Waals surface area contributed by atoms with E-state index < -0.39 is 0 Å². The molecule has 2 unspecified atom stereocenters. The number of ether oxygens (including phenoxy) is 1. The monoisotopic (exact) mass is 209 g/mol. The maximum atomic E-state index is 12.9. The van der Waals surface area contributed by atoms with Gasteiger partial charge in [-0.3, -0.25) is 0 Å². The fraction of sp³-hybridized carbons (Fsp3) is 0.500. The van der Waals surface area contributed by atoms with Crippen molar-refractivity contribution in [3.05, 3.63) is 35.6 Å². The third-order valence-corrected chi connectivity index (χ3v) is 2.86. The van der Waals surface area contributed by atoms with Gasteiger partial charge in [0.15, 0.2) is 0 Å². The number of nitrogens with two attached hydrogens (primary N) is 1. The van der Waals surface area contributed by atoms with Crippen LogP contribution >= 0.6 is 0 Å². The van der Waals surface area contributed by atoms with E-state index in [1.54, 1.807) is 6.07 Å². The molecule has 1 aliphatic rings. The molecule has 2 N–H and O–H groups in total. The zero-order chi connectivity index (χ0) is 10.7. The summed E-state index contributed by atoms with van der Waals surface area (Å²) in [5, 5.41) is 0. The Labute approximate surface area is 89.2 Å². The lowest BCUT2D eigenvalue weighted by Gasteiger charge is -2.16. The zero-order valence-electron chi connectivity index (χ0n) is 8.66. The molecule has 0 aliphatic heterocycles. The van der Waals surface area contributed by atoms with Crippen LogP contribution < -0.4 is 5.73 Å². The number of hydrogen-bond acceptors (Lipinski definition) is 2. The number of hydrogen-bond donors (Lipinski definition) is 1. The SMILES string of the molecule is NC1CCCC1OCc1cccc(F)c1. The minimum Gasteiger partial charge on any atom is -0.372 e. The van der Waals surface area contributed by atoms with Gasteiger partial charge in [0.25, 0.3) is 0 Å². The van der Waals surface area contributed by atoms with Crippen molar-refractivity contribution in [2.45, 2.75) is 38.0 Å². The molecule has 1 fully saturated rings. The number of rotatable bonds is 3. The van der Waals surface area contributed by atoms with Crippen molar-refractivity contribution in [3.63, 3.8) is 0 Å². The van der Waals surface area contributed by atoms with E-state index in [1.807, 2.05) is 6.07 Å². The summed E-state index contributed by atoms with van der Waals surface area (Å²) in [4.78, 5) is 0. The van der Waals surface area contributed by atoms with Gasteiger partial charge in [-0.05, 0) is 37.0 Å². The Morgan fingerprint density at radius 3 is 2.93 bits per heavy atom. The molecule has 0 spiro atoms. The smallest absolute Gasteiger partial charge is 0.123 e. The van der Waals surface area contributed by atoms with Gasteiger partial charge in [0, 0.05) is 6.04 Å². The lowest BCUT2D eigenvalue weighted by molar-refractivity contribution is 0.0356. The summed E-state index contributed by atoms with van der Waals surface area (Å²) < 4.78 is 18.5. The largest absolute Gasteiger partial charge is 0.372 e. The van der Waals surface area contributed by atoms with E-state index >= 15 is 0 Å². The van der Waals surface area contributed by atoms with Crippen molar-refractivity contribution >= 4 is 0 Å². The summed E-state index contributed by atoms with van der Waals surface area (Å²) in [6.45, 7) is 0.454. The Balaban J connectivity index is 1.87. The highest BCUT2D eigenvalue weighted by atomic mass is 19.1. The van der Waals surface area contributed by atoms with Gasteiger partial charge in [-0.25, -0.2) is 4.39 Å². The quantitative estimate of drug-likeness (QED) is 0.828. The summed E-state index contributed by atoms with van der Waals surface area (Å²) in [5.74, 6) is -0.216. The standard InChI is InChI=1S/C12H16FNO/c13-10-4-1-3-9(7-10)8-15-12-6-2-5-11(12)14/h1,3-4,7,11-12H,2,5-6,8,14H2. The van der Waals surface area contributed by atoms with Crippen LogP contribution in [0.3, 0.4) is 0 Å². The molecule has 2 atom stereocenters. The van der Waals surface area contributed by atoms with Crippen molar-refractivity contribution in [2.24, 2.45) is 5.73 Å². The van der Waals surface area contributed by atoms with E-state index in [0.717, 1.165) is 24.8 Å². The predicted octanol–water partition coefficient (Wildman–Crippen LogP) is 2.22. The topological polar surface area (TPSA) is 35.2 Å². The van der Waals surface area contributed by atoms with Crippen LogP contribution in [0.25, 0.3) is 0 Å². The highest BCUT2D eigenvalue weighted by Crippen LogP contribution is 2.21. The van der Waals surface area contributed by atoms with E-state index in [-0.39, 0.29) is 18.0 Å². The lowest BCUT2D eigenvalue weighted by atomic mass is 10.2. The van der Waals surface area contributed by atoms with E-state index in [0.29, 0.717) is 6.61 Å². The van der Waals surface area contributed by atoms with Gasteiger partial charge in [-0.2, -0.15) is 0 Å². The molecule has 0 saturated heterocycles. The Kier molecular flexibility index (Phi) is 3.34. The molecule has 1 aliphatic carbocycles. The zero-order valence-corrected chi connectivity index (χ0v) is 8.66. The molecule has 0 radical (unpaired) electrons. The highest BCUT2D eigenvalue weighted by Gasteiger charge is 2.24. The van der Waals surface area contributed by atoms with Gasteiger partial charge in [-0.15, -0.1) is 0 Å². The van der Waals surface area contributed by atoms with E-state index in [1.165, 1.54) is 12.1 Å². The van der Waals surface area contributed by atoms with Gasteiger partial charge in [-0.1, -0.05) is 12.1 Å². The molecule has 82 valence electrons. The van der Waals surface area contributed by atoms with Crippen LogP contribution in [0.1, 0.15) is 24.8 Å². The highest BCUT2D eigenvalue weighted by molar-refractivity contribution is 5.15. The third-order valence-electron chi connectivity index (χ3n) is 2.86. The molecule has 3 heteroatoms. The molecular weight excluding hydrogens is 193 g/mol. The summed E-state index contributed by atoms with van der Waals surface area (Å²) in [7, 11) is 0. The molecule has 0 amide bonds. The van der Waals surface area contributed by atoms with Gasteiger partial charge < -0.3 is 10.5 Å². The molecule has 0 bridgehead atoms. The first-order valence-corrected chi connectivity index (χ1v) is 5.37. The maximum Gasteiger partial charge on any atom is 0.123 e. The lowest BCUT2D eigenvalue weighted by Crippen LogP contribution is -2.31. The van der Waals surface area contributed by atoms with Crippen molar-refractivity contribution in [3.8, 4) is 0 Å². The Bertz CT molecular complexity index is 329. The average molecular weight is 209 g/mol. The number of halogens is 1. The fourth-order valence-corrected chi connectivity index (χ4v) is 1.99. The van der Waals surface area contributed by atoms with Crippen LogP contribution in [0.15, 0.2) is 24.3 Å². The van der Waals surface area contributed by atoms with Crippen molar-refractivity contribution in [1.82, 2.24) is 0 Å². The summed E-state index contributed by atoms with van der Waals surface area (Å²) >= 11 is 0. The molecule has 1 aromatic rings. The summed E-state index contributed by atoms with van der Waals surface area (Å²) in [6.07, 6.45) is 3.34. The van der Waals surface area contributed by atoms with Gasteiger partial charge in [0.1, 0.15) is 5.82 Å². The first kappa shape index (κ1) is 10.6. The Hall–Kier alpha value is -0.930. The molecule has 15 heavy (non-hydrogen) atoms. The Morgan fingerprint density at radius 1 is 1.40 bits per heavy atom. The molecular formula is C12H16FNO. The molecule has 1 saturated carbocycles. The first-order chi connectivity index (χ1) is 7.25. The summed E-state index contributed by atoms with van der Waals surface area (Å²) in [6, 6.07) is 6.65. The second kappa shape index (κ2) is 4.73. The van der Waals surface area contributed by atoms with E-state index in [2.05, 4.69) is 0 Å². The molecule has 2 rings (SSSR count).